The molecule has 0 aliphatic rings. The molecule has 1 heteroatoms. The summed E-state index contributed by atoms with van der Waals surface area (Å²) in [5.41, 5.74) is 7.28. The summed E-state index contributed by atoms with van der Waals surface area (Å²) in [6.45, 7) is 0. The van der Waals surface area contributed by atoms with E-state index in [0.29, 0.717) is 0 Å². The van der Waals surface area contributed by atoms with Crippen LogP contribution >= 0.6 is 15.9 Å². The highest BCUT2D eigenvalue weighted by molar-refractivity contribution is 9.10. The molecule has 0 bridgehead atoms. The molecule has 176 valence electrons. The zero-order valence-electron chi connectivity index (χ0n) is 20.3. The lowest BCUT2D eigenvalue weighted by atomic mass is 10.0. The molecule has 0 heterocycles. The van der Waals surface area contributed by atoms with Crippen LogP contribution in [0.4, 0.5) is 0 Å². The second kappa shape index (κ2) is 10.4. The second-order valence-electron chi connectivity index (χ2n) is 9.27. The van der Waals surface area contributed by atoms with Gasteiger partial charge in [-0.3, -0.25) is 0 Å². The molecule has 0 N–H and O–H groups in total. The predicted octanol–water partition coefficient (Wildman–Crippen LogP) is 10.8. The number of fused-ring (bicyclic) bond motifs is 2. The molecule has 6 aromatic carbocycles. The van der Waals surface area contributed by atoms with Crippen LogP contribution in [0.25, 0.3) is 57.0 Å². The van der Waals surface area contributed by atoms with Gasteiger partial charge in [0, 0.05) is 4.47 Å². The summed E-state index contributed by atoms with van der Waals surface area (Å²) in [6.07, 6.45) is 8.73. The van der Waals surface area contributed by atoms with Crippen LogP contribution in [0.3, 0.4) is 0 Å². The van der Waals surface area contributed by atoms with Crippen LogP contribution in [0.1, 0.15) is 22.3 Å². The topological polar surface area (TPSA) is 0 Å². The first-order chi connectivity index (χ1) is 18.2. The van der Waals surface area contributed by atoms with E-state index in [-0.39, 0.29) is 0 Å². The van der Waals surface area contributed by atoms with Gasteiger partial charge in [-0.05, 0) is 85.3 Å². The van der Waals surface area contributed by atoms with E-state index in [1.807, 2.05) is 6.07 Å². The van der Waals surface area contributed by atoms with Gasteiger partial charge in [-0.25, -0.2) is 0 Å². The predicted molar refractivity (Wildman–Crippen MR) is 165 cm³/mol. The van der Waals surface area contributed by atoms with Gasteiger partial charge in [-0.15, -0.1) is 0 Å². The van der Waals surface area contributed by atoms with Gasteiger partial charge in [0.1, 0.15) is 0 Å². The quantitative estimate of drug-likeness (QED) is 0.192. The average Bonchev–Trinajstić information content (AvgIpc) is 2.95. The van der Waals surface area contributed by atoms with Crippen molar-refractivity contribution in [3.8, 4) is 11.1 Å². The van der Waals surface area contributed by atoms with Crippen LogP contribution in [0, 0.1) is 0 Å². The van der Waals surface area contributed by atoms with E-state index in [2.05, 4.69) is 162 Å². The molecule has 0 atom stereocenters. The maximum absolute atomic E-state index is 3.55. The molecule has 0 nitrogen and oxygen atoms in total. The molecule has 37 heavy (non-hydrogen) atoms. The molecule has 0 unspecified atom stereocenters. The Kier molecular flexibility index (Phi) is 6.54. The SMILES string of the molecule is Brc1ccc2cc(/C=C/c3ccc4cc(/C=C/c5ccc(-c6ccccc6)cc5)ccc4c3)ccc2c1. The van der Waals surface area contributed by atoms with Gasteiger partial charge >= 0.3 is 0 Å². The lowest BCUT2D eigenvalue weighted by Crippen LogP contribution is -1.80. The lowest BCUT2D eigenvalue weighted by Gasteiger charge is -2.04. The third-order valence-corrected chi connectivity index (χ3v) is 7.16. The van der Waals surface area contributed by atoms with E-state index < -0.39 is 0 Å². The van der Waals surface area contributed by atoms with E-state index in [1.54, 1.807) is 0 Å². The van der Waals surface area contributed by atoms with Gasteiger partial charge in [-0.2, -0.15) is 0 Å². The molecule has 0 aliphatic carbocycles. The van der Waals surface area contributed by atoms with Crippen molar-refractivity contribution in [2.45, 2.75) is 0 Å². The maximum Gasteiger partial charge on any atom is 0.0181 e. The van der Waals surface area contributed by atoms with Crippen LogP contribution < -0.4 is 0 Å². The number of rotatable bonds is 5. The van der Waals surface area contributed by atoms with Crippen LogP contribution in [0.2, 0.25) is 0 Å². The van der Waals surface area contributed by atoms with Crippen molar-refractivity contribution in [3.63, 3.8) is 0 Å². The third-order valence-electron chi connectivity index (χ3n) is 6.67. The third kappa shape index (κ3) is 5.48. The highest BCUT2D eigenvalue weighted by atomic mass is 79.9. The van der Waals surface area contributed by atoms with Crippen molar-refractivity contribution in [1.29, 1.82) is 0 Å². The number of hydrogen-bond acceptors (Lipinski definition) is 0. The fourth-order valence-corrected chi connectivity index (χ4v) is 5.01. The molecule has 0 saturated carbocycles. The summed E-state index contributed by atoms with van der Waals surface area (Å²) < 4.78 is 1.11. The zero-order valence-corrected chi connectivity index (χ0v) is 21.9. The van der Waals surface area contributed by atoms with E-state index >= 15 is 0 Å². The lowest BCUT2D eigenvalue weighted by molar-refractivity contribution is 1.60. The van der Waals surface area contributed by atoms with Crippen molar-refractivity contribution in [3.05, 3.63) is 154 Å². The first-order valence-corrected chi connectivity index (χ1v) is 13.2. The first kappa shape index (κ1) is 23.2. The summed E-state index contributed by atoms with van der Waals surface area (Å²) in [5.74, 6) is 0. The van der Waals surface area contributed by atoms with E-state index in [1.165, 1.54) is 54.9 Å². The van der Waals surface area contributed by atoms with Crippen molar-refractivity contribution in [2.24, 2.45) is 0 Å². The van der Waals surface area contributed by atoms with Crippen molar-refractivity contribution in [1.82, 2.24) is 0 Å². The monoisotopic (exact) mass is 536 g/mol. The maximum atomic E-state index is 3.55. The molecule has 0 aliphatic heterocycles. The van der Waals surface area contributed by atoms with Crippen LogP contribution in [-0.4, -0.2) is 0 Å². The summed E-state index contributed by atoms with van der Waals surface area (Å²) in [4.78, 5) is 0. The van der Waals surface area contributed by atoms with Gasteiger partial charge < -0.3 is 0 Å². The van der Waals surface area contributed by atoms with Gasteiger partial charge in [0.05, 0.1) is 0 Å². The van der Waals surface area contributed by atoms with Crippen molar-refractivity contribution >= 4 is 61.8 Å². The minimum atomic E-state index is 1.11. The molecule has 6 aromatic rings. The Morgan fingerprint density at radius 2 is 0.757 bits per heavy atom. The standard InChI is InChI=1S/C36H25Br/c37-36-21-20-34-24-29(14-19-35(34)25-36)9-8-28-13-18-32-22-27(12-17-33(32)23-28)7-6-26-10-15-31(16-11-26)30-4-2-1-3-5-30/h1-25H/b7-6+,9-8+. The molecular formula is C36H25Br. The minimum absolute atomic E-state index is 1.11. The van der Waals surface area contributed by atoms with E-state index in [4.69, 9.17) is 0 Å². The Balaban J connectivity index is 1.17. The molecule has 0 aromatic heterocycles. The van der Waals surface area contributed by atoms with E-state index in [0.717, 1.165) is 4.47 Å². The Labute approximate surface area is 226 Å². The molecule has 6 rings (SSSR count). The van der Waals surface area contributed by atoms with Crippen LogP contribution in [-0.2, 0) is 0 Å². The van der Waals surface area contributed by atoms with Crippen LogP contribution in [0.15, 0.2) is 132 Å². The Hall–Kier alpha value is -4.20. The normalized spacial score (nSPS) is 11.7. The van der Waals surface area contributed by atoms with Gasteiger partial charge in [-0.1, -0.05) is 137 Å². The summed E-state index contributed by atoms with van der Waals surface area (Å²) in [5, 5.41) is 4.98. The average molecular weight is 538 g/mol. The molecule has 0 amide bonds. The molecule has 0 fully saturated rings. The van der Waals surface area contributed by atoms with E-state index in [9.17, 15) is 0 Å². The number of benzene rings is 6. The van der Waals surface area contributed by atoms with Crippen LogP contribution in [0.5, 0.6) is 0 Å². The highest BCUT2D eigenvalue weighted by Gasteiger charge is 1.99. The fraction of sp³-hybridized carbons (Fsp3) is 0. The molecular weight excluding hydrogens is 512 g/mol. The van der Waals surface area contributed by atoms with Gasteiger partial charge in [0.2, 0.25) is 0 Å². The highest BCUT2D eigenvalue weighted by Crippen LogP contribution is 2.24. The van der Waals surface area contributed by atoms with Crippen molar-refractivity contribution in [2.75, 3.05) is 0 Å². The summed E-state index contributed by atoms with van der Waals surface area (Å²) in [7, 11) is 0. The summed E-state index contributed by atoms with van der Waals surface area (Å²) in [6, 6.07) is 45.4. The molecule has 0 spiro atoms. The van der Waals surface area contributed by atoms with Crippen molar-refractivity contribution < 1.29 is 0 Å². The molecule has 0 radical (unpaired) electrons. The largest absolute Gasteiger partial charge is 0.0622 e. The Morgan fingerprint density at radius 1 is 0.351 bits per heavy atom. The zero-order chi connectivity index (χ0) is 25.0. The van der Waals surface area contributed by atoms with Gasteiger partial charge in [0.15, 0.2) is 0 Å². The Bertz CT molecular complexity index is 1760. The van der Waals surface area contributed by atoms with Gasteiger partial charge in [0.25, 0.3) is 0 Å². The smallest absolute Gasteiger partial charge is 0.0181 e. The number of halogens is 1. The second-order valence-corrected chi connectivity index (χ2v) is 10.2. The first-order valence-electron chi connectivity index (χ1n) is 12.4. The molecule has 0 saturated heterocycles. The number of hydrogen-bond donors (Lipinski definition) is 0. The Morgan fingerprint density at radius 3 is 1.30 bits per heavy atom. The minimum Gasteiger partial charge on any atom is -0.0622 e. The fourth-order valence-electron chi connectivity index (χ4n) is 4.63. The summed E-state index contributed by atoms with van der Waals surface area (Å²) >= 11 is 3.55.